The Morgan fingerprint density at radius 3 is 2.54 bits per heavy atom. The molecule has 0 spiro atoms. The molecule has 5 amide bonds. The molecule has 2 fully saturated rings. The van der Waals surface area contributed by atoms with Crippen LogP contribution in [0.3, 0.4) is 0 Å². The first kappa shape index (κ1) is 31.6. The van der Waals surface area contributed by atoms with Crippen molar-refractivity contribution in [2.75, 3.05) is 12.4 Å². The van der Waals surface area contributed by atoms with E-state index in [0.717, 1.165) is 24.8 Å². The number of carbonyl (C=O) groups is 5. The number of carbonyl (C=O) groups excluding carboxylic acids is 5. The molecule has 0 aromatic heterocycles. The van der Waals surface area contributed by atoms with Crippen molar-refractivity contribution in [2.24, 2.45) is 0 Å². The van der Waals surface area contributed by atoms with E-state index in [9.17, 15) is 24.0 Å². The molecule has 0 radical (unpaired) electrons. The lowest BCUT2D eigenvalue weighted by Crippen LogP contribution is -2.58. The summed E-state index contributed by atoms with van der Waals surface area (Å²) in [6.45, 7) is 10.5. The Morgan fingerprint density at radius 2 is 1.85 bits per heavy atom. The first-order chi connectivity index (χ1) is 19.3. The number of nitrogens with one attached hydrogen (secondary N) is 3. The highest BCUT2D eigenvalue weighted by Gasteiger charge is 2.44. The van der Waals surface area contributed by atoms with Crippen LogP contribution in [-0.2, 0) is 30.5 Å². The van der Waals surface area contributed by atoms with Gasteiger partial charge in [-0.15, -0.1) is 0 Å². The van der Waals surface area contributed by atoms with Crippen molar-refractivity contribution >= 4 is 35.4 Å². The zero-order valence-corrected chi connectivity index (χ0v) is 24.7. The van der Waals surface area contributed by atoms with Crippen LogP contribution in [0.5, 0.6) is 0 Å². The summed E-state index contributed by atoms with van der Waals surface area (Å²) < 4.78 is 5.36. The summed E-state index contributed by atoms with van der Waals surface area (Å²) in [6.07, 6.45) is 4.71. The second kappa shape index (κ2) is 13.6. The van der Waals surface area contributed by atoms with Gasteiger partial charge < -0.3 is 25.6 Å². The predicted octanol–water partition coefficient (Wildman–Crippen LogP) is 3.10. The fourth-order valence-electron chi connectivity index (χ4n) is 5.14. The number of fused-ring (bicyclic) bond motifs is 1. The van der Waals surface area contributed by atoms with Crippen LogP contribution in [0.25, 0.3) is 0 Å². The minimum absolute atomic E-state index is 0.0720. The molecule has 2 saturated heterocycles. The number of ether oxygens (including phenoxy) is 1. The molecule has 1 aromatic carbocycles. The lowest BCUT2D eigenvalue weighted by Gasteiger charge is -2.36. The van der Waals surface area contributed by atoms with Crippen molar-refractivity contribution in [1.29, 1.82) is 0 Å². The van der Waals surface area contributed by atoms with Crippen LogP contribution < -0.4 is 16.0 Å². The number of anilines is 1. The molecule has 3 N–H and O–H groups in total. The van der Waals surface area contributed by atoms with Crippen LogP contribution in [0.4, 0.5) is 10.5 Å². The predicted molar refractivity (Wildman–Crippen MR) is 155 cm³/mol. The Bertz CT molecular complexity index is 1160. The molecule has 11 nitrogen and oxygen atoms in total. The number of hydrogen-bond donors (Lipinski definition) is 3. The second-order valence-corrected chi connectivity index (χ2v) is 11.7. The fraction of sp³-hybridized carbons (Fsp3) is 0.567. The van der Waals surface area contributed by atoms with E-state index in [2.05, 4.69) is 22.5 Å². The van der Waals surface area contributed by atoms with E-state index in [1.54, 1.807) is 50.8 Å². The highest BCUT2D eigenvalue weighted by atomic mass is 16.6. The molecule has 0 bridgehead atoms. The molecular weight excluding hydrogens is 526 g/mol. The molecule has 41 heavy (non-hydrogen) atoms. The highest BCUT2D eigenvalue weighted by Crippen LogP contribution is 2.31. The average Bonchev–Trinajstić information content (AvgIpc) is 3.33. The largest absolute Gasteiger partial charge is 0.444 e. The summed E-state index contributed by atoms with van der Waals surface area (Å²) in [7, 11) is 1.48. The van der Waals surface area contributed by atoms with Gasteiger partial charge in [-0.1, -0.05) is 31.6 Å². The topological polar surface area (TPSA) is 137 Å². The van der Waals surface area contributed by atoms with Gasteiger partial charge in [0.05, 0.1) is 0 Å². The maximum absolute atomic E-state index is 13.8. The third kappa shape index (κ3) is 8.55. The highest BCUT2D eigenvalue weighted by molar-refractivity contribution is 5.99. The molecule has 4 atom stereocenters. The van der Waals surface area contributed by atoms with Crippen molar-refractivity contribution in [1.82, 2.24) is 20.4 Å². The quantitative estimate of drug-likeness (QED) is 0.412. The summed E-state index contributed by atoms with van der Waals surface area (Å²) in [6, 6.07) is 4.76. The second-order valence-electron chi connectivity index (χ2n) is 11.7. The SMILES string of the molecule is C=CC(=O)Nc1cccc(CNC(=O)C2CCC3CCCCC(NC(=O)C(C)N(C)C(=O)OC(C)(C)C)C(=O)N32)c1. The molecule has 1 aromatic rings. The van der Waals surface area contributed by atoms with Gasteiger partial charge in [-0.25, -0.2) is 4.79 Å². The zero-order valence-electron chi connectivity index (χ0n) is 24.7. The standard InChI is InChI=1S/C30H43N5O6/c1-7-25(36)32-21-12-10-11-20(17-21)18-31-27(38)24-16-15-22-13-8-9-14-23(28(39)35(22)24)33-26(37)19(2)34(6)29(40)41-30(3,4)5/h7,10-12,17,19,22-24H,1,8-9,13-16,18H2,2-6H3,(H,31,38)(H,32,36)(H,33,37). The summed E-state index contributed by atoms with van der Waals surface area (Å²) in [5.41, 5.74) is 0.676. The van der Waals surface area contributed by atoms with E-state index in [1.165, 1.54) is 18.0 Å². The zero-order chi connectivity index (χ0) is 30.3. The van der Waals surface area contributed by atoms with Gasteiger partial charge in [0.15, 0.2) is 0 Å². The molecule has 11 heteroatoms. The number of benzene rings is 1. The van der Waals surface area contributed by atoms with Gasteiger partial charge in [0.25, 0.3) is 0 Å². The number of amides is 5. The Labute approximate surface area is 242 Å². The first-order valence-electron chi connectivity index (χ1n) is 14.2. The lowest BCUT2D eigenvalue weighted by molar-refractivity contribution is -0.144. The van der Waals surface area contributed by atoms with Crippen LogP contribution in [-0.4, -0.2) is 76.3 Å². The van der Waals surface area contributed by atoms with Crippen molar-refractivity contribution in [3.8, 4) is 0 Å². The maximum Gasteiger partial charge on any atom is 0.410 e. The van der Waals surface area contributed by atoms with E-state index >= 15 is 0 Å². The molecular formula is C30H43N5O6. The average molecular weight is 570 g/mol. The van der Waals surface area contributed by atoms with E-state index in [4.69, 9.17) is 4.74 Å². The number of nitrogens with zero attached hydrogens (tertiary/aromatic N) is 2. The molecule has 2 aliphatic rings. The van der Waals surface area contributed by atoms with E-state index in [1.807, 2.05) is 6.07 Å². The fourth-order valence-corrected chi connectivity index (χ4v) is 5.14. The van der Waals surface area contributed by atoms with Crippen LogP contribution in [0.15, 0.2) is 36.9 Å². The molecule has 0 aliphatic carbocycles. The smallest absolute Gasteiger partial charge is 0.410 e. The van der Waals surface area contributed by atoms with Gasteiger partial charge in [0, 0.05) is 25.3 Å². The van der Waals surface area contributed by atoms with Gasteiger partial charge >= 0.3 is 6.09 Å². The molecule has 0 saturated carbocycles. The van der Waals surface area contributed by atoms with Crippen LogP contribution in [0, 0.1) is 0 Å². The monoisotopic (exact) mass is 569 g/mol. The Balaban J connectivity index is 1.66. The van der Waals surface area contributed by atoms with Crippen molar-refractivity contribution < 1.29 is 28.7 Å². The third-order valence-corrected chi connectivity index (χ3v) is 7.44. The summed E-state index contributed by atoms with van der Waals surface area (Å²) in [4.78, 5) is 67.1. The number of rotatable bonds is 8. The van der Waals surface area contributed by atoms with Crippen molar-refractivity contribution in [2.45, 2.75) is 103 Å². The Hall–Kier alpha value is -3.89. The molecule has 224 valence electrons. The van der Waals surface area contributed by atoms with E-state index in [0.29, 0.717) is 24.9 Å². The lowest BCUT2D eigenvalue weighted by atomic mass is 9.98. The van der Waals surface area contributed by atoms with Crippen molar-refractivity contribution in [3.05, 3.63) is 42.5 Å². The van der Waals surface area contributed by atoms with Crippen LogP contribution in [0.1, 0.15) is 71.8 Å². The summed E-state index contributed by atoms with van der Waals surface area (Å²) in [5.74, 6) is -1.32. The van der Waals surface area contributed by atoms with E-state index < -0.39 is 35.7 Å². The van der Waals surface area contributed by atoms with Gasteiger partial charge in [0.1, 0.15) is 23.7 Å². The van der Waals surface area contributed by atoms with Crippen LogP contribution >= 0.6 is 0 Å². The molecule has 3 rings (SSSR count). The van der Waals surface area contributed by atoms with Gasteiger partial charge in [0.2, 0.25) is 23.6 Å². The Morgan fingerprint density at radius 1 is 1.15 bits per heavy atom. The molecule has 2 heterocycles. The van der Waals surface area contributed by atoms with Crippen molar-refractivity contribution in [3.63, 3.8) is 0 Å². The number of likely N-dealkylation sites (N-methyl/N-ethyl adjacent to an activating group) is 1. The summed E-state index contributed by atoms with van der Waals surface area (Å²) in [5, 5.41) is 8.47. The van der Waals surface area contributed by atoms with Gasteiger partial charge in [-0.05, 0) is 77.2 Å². The van der Waals surface area contributed by atoms with Crippen LogP contribution in [0.2, 0.25) is 0 Å². The van der Waals surface area contributed by atoms with Gasteiger partial charge in [-0.3, -0.25) is 24.1 Å². The van der Waals surface area contributed by atoms with E-state index in [-0.39, 0.29) is 30.3 Å². The normalized spacial score (nSPS) is 21.4. The molecule has 4 unspecified atom stereocenters. The molecule has 2 aliphatic heterocycles. The number of hydrogen-bond acceptors (Lipinski definition) is 6. The minimum atomic E-state index is -0.858. The first-order valence-corrected chi connectivity index (χ1v) is 14.2. The Kier molecular flexibility index (Phi) is 10.5. The summed E-state index contributed by atoms with van der Waals surface area (Å²) >= 11 is 0. The third-order valence-electron chi connectivity index (χ3n) is 7.44. The van der Waals surface area contributed by atoms with Gasteiger partial charge in [-0.2, -0.15) is 0 Å². The maximum atomic E-state index is 13.8. The minimum Gasteiger partial charge on any atom is -0.444 e.